The Hall–Kier alpha value is -4.03. The maximum atomic E-state index is 13.2. The number of anilines is 1. The van der Waals surface area contributed by atoms with Crippen LogP contribution in [0.3, 0.4) is 0 Å². The lowest BCUT2D eigenvalue weighted by molar-refractivity contribution is -0.139. The fourth-order valence-corrected chi connectivity index (χ4v) is 6.58. The Kier molecular flexibility index (Phi) is 6.65. The third-order valence-electron chi connectivity index (χ3n) is 7.37. The number of amidine groups is 1. The summed E-state index contributed by atoms with van der Waals surface area (Å²) in [6.45, 7) is 4.75. The Morgan fingerprint density at radius 1 is 1.03 bits per heavy atom. The van der Waals surface area contributed by atoms with E-state index in [-0.39, 0.29) is 12.0 Å². The Morgan fingerprint density at radius 2 is 1.67 bits per heavy atom. The van der Waals surface area contributed by atoms with Crippen molar-refractivity contribution < 1.29 is 9.53 Å². The van der Waals surface area contributed by atoms with E-state index >= 15 is 0 Å². The van der Waals surface area contributed by atoms with Crippen molar-refractivity contribution in [3.63, 3.8) is 0 Å². The van der Waals surface area contributed by atoms with Crippen LogP contribution in [0, 0.1) is 0 Å². The normalized spacial score (nSPS) is 18.1. The van der Waals surface area contributed by atoms with Crippen molar-refractivity contribution in [2.24, 2.45) is 4.99 Å². The van der Waals surface area contributed by atoms with Crippen molar-refractivity contribution in [1.82, 2.24) is 4.90 Å². The SMILES string of the molecule is CCOC(=O)C1=C(C)N=C2S/C(=C\c3c4ccccc4cc4ccccc34)CN2C1c1ccc(N(C)C)cc1. The molecule has 0 aliphatic carbocycles. The zero-order valence-corrected chi connectivity index (χ0v) is 23.5. The fraction of sp³-hybridized carbons (Fsp3) is 0.212. The minimum atomic E-state index is -0.304. The van der Waals surface area contributed by atoms with E-state index in [0.717, 1.165) is 16.4 Å². The summed E-state index contributed by atoms with van der Waals surface area (Å²) in [7, 11) is 4.05. The van der Waals surface area contributed by atoms with Gasteiger partial charge in [0, 0.05) is 24.7 Å². The second-order valence-corrected chi connectivity index (χ2v) is 11.2. The largest absolute Gasteiger partial charge is 0.463 e. The molecule has 1 unspecified atom stereocenters. The van der Waals surface area contributed by atoms with Gasteiger partial charge in [-0.1, -0.05) is 72.4 Å². The number of esters is 1. The third kappa shape index (κ3) is 4.59. The number of thioether (sulfide) groups is 1. The zero-order chi connectivity index (χ0) is 27.1. The highest BCUT2D eigenvalue weighted by Crippen LogP contribution is 2.45. The molecule has 0 aromatic heterocycles. The van der Waals surface area contributed by atoms with Gasteiger partial charge in [0.15, 0.2) is 5.17 Å². The number of ether oxygens (including phenoxy) is 1. The van der Waals surface area contributed by atoms with Crippen LogP contribution in [0.2, 0.25) is 0 Å². The molecule has 1 saturated heterocycles. The van der Waals surface area contributed by atoms with Gasteiger partial charge in [0.1, 0.15) is 0 Å². The van der Waals surface area contributed by atoms with E-state index in [0.29, 0.717) is 24.4 Å². The zero-order valence-electron chi connectivity index (χ0n) is 22.6. The standard InChI is InChI=1S/C33H31N3O2S/c1-5-38-32(37)30-21(2)34-33-36(31(30)22-14-16-25(17-15-22)35(3)4)20-26(39-33)19-29-27-12-8-6-10-23(27)18-24-11-7-9-13-28(24)29/h6-19,31H,5,20H2,1-4H3/b26-19-. The smallest absolute Gasteiger partial charge is 0.338 e. The lowest BCUT2D eigenvalue weighted by atomic mass is 9.94. The maximum Gasteiger partial charge on any atom is 0.338 e. The number of hydrogen-bond acceptors (Lipinski definition) is 6. The highest BCUT2D eigenvalue weighted by molar-refractivity contribution is 8.17. The number of hydrogen-bond donors (Lipinski definition) is 0. The van der Waals surface area contributed by atoms with E-state index in [9.17, 15) is 4.79 Å². The molecule has 1 fully saturated rings. The van der Waals surface area contributed by atoms with Crippen molar-refractivity contribution in [1.29, 1.82) is 0 Å². The van der Waals surface area contributed by atoms with Gasteiger partial charge in [-0.15, -0.1) is 0 Å². The molecule has 5 nitrogen and oxygen atoms in total. The minimum Gasteiger partial charge on any atom is -0.463 e. The van der Waals surface area contributed by atoms with Gasteiger partial charge in [-0.05, 0) is 70.8 Å². The quantitative estimate of drug-likeness (QED) is 0.198. The van der Waals surface area contributed by atoms with Crippen molar-refractivity contribution >= 4 is 56.2 Å². The highest BCUT2D eigenvalue weighted by atomic mass is 32.2. The lowest BCUT2D eigenvalue weighted by Gasteiger charge is -2.34. The van der Waals surface area contributed by atoms with Crippen molar-refractivity contribution in [3.8, 4) is 0 Å². The molecule has 2 aliphatic heterocycles. The number of carbonyl (C=O) groups excluding carboxylic acids is 1. The van der Waals surface area contributed by atoms with Crippen molar-refractivity contribution in [3.05, 3.63) is 106 Å². The van der Waals surface area contributed by atoms with Crippen LogP contribution in [0.4, 0.5) is 5.69 Å². The van der Waals surface area contributed by atoms with Crippen molar-refractivity contribution in [2.75, 3.05) is 32.1 Å². The number of nitrogens with zero attached hydrogens (tertiary/aromatic N) is 3. The number of benzene rings is 4. The average Bonchev–Trinajstić information content (AvgIpc) is 3.34. The first-order chi connectivity index (χ1) is 18.9. The average molecular weight is 534 g/mol. The molecule has 6 rings (SSSR count). The van der Waals surface area contributed by atoms with Crippen LogP contribution in [0.1, 0.15) is 31.0 Å². The third-order valence-corrected chi connectivity index (χ3v) is 8.39. The van der Waals surface area contributed by atoms with Crippen LogP contribution in [0.15, 0.2) is 100 Å². The van der Waals surface area contributed by atoms with Crippen LogP contribution in [0.25, 0.3) is 27.6 Å². The molecule has 0 bridgehead atoms. The molecule has 4 aromatic carbocycles. The summed E-state index contributed by atoms with van der Waals surface area (Å²) in [6.07, 6.45) is 2.31. The summed E-state index contributed by atoms with van der Waals surface area (Å²) in [5.74, 6) is -0.304. The molecule has 0 amide bonds. The van der Waals surface area contributed by atoms with Crippen LogP contribution in [-0.4, -0.2) is 43.3 Å². The molecule has 0 saturated carbocycles. The molecule has 196 valence electrons. The molecular weight excluding hydrogens is 502 g/mol. The number of allylic oxidation sites excluding steroid dienone is 1. The Morgan fingerprint density at radius 3 is 2.28 bits per heavy atom. The molecule has 39 heavy (non-hydrogen) atoms. The Bertz CT molecular complexity index is 1630. The first kappa shape index (κ1) is 25.3. The Labute approximate surface area is 233 Å². The maximum absolute atomic E-state index is 13.2. The molecule has 1 atom stereocenters. The predicted octanol–water partition coefficient (Wildman–Crippen LogP) is 7.40. The molecular formula is C33H31N3O2S. The molecule has 4 aromatic rings. The summed E-state index contributed by atoms with van der Waals surface area (Å²) >= 11 is 1.69. The van der Waals surface area contributed by atoms with E-state index < -0.39 is 0 Å². The first-order valence-electron chi connectivity index (χ1n) is 13.2. The molecule has 6 heteroatoms. The second kappa shape index (κ2) is 10.3. The van der Waals surface area contributed by atoms with E-state index in [1.165, 1.54) is 32.0 Å². The number of carbonyl (C=O) groups is 1. The molecule has 2 aliphatic rings. The van der Waals surface area contributed by atoms with Gasteiger partial charge in [-0.3, -0.25) is 0 Å². The van der Waals surface area contributed by atoms with Gasteiger partial charge in [0.05, 0.1) is 30.5 Å². The topological polar surface area (TPSA) is 45.1 Å². The molecule has 0 spiro atoms. The fourth-order valence-electron chi connectivity index (χ4n) is 5.50. The van der Waals surface area contributed by atoms with Crippen LogP contribution >= 0.6 is 11.8 Å². The van der Waals surface area contributed by atoms with Gasteiger partial charge in [0.2, 0.25) is 0 Å². The van der Waals surface area contributed by atoms with Crippen LogP contribution < -0.4 is 4.90 Å². The van der Waals surface area contributed by atoms with Crippen LogP contribution in [0.5, 0.6) is 0 Å². The number of rotatable bonds is 5. The molecule has 0 N–H and O–H groups in total. The van der Waals surface area contributed by atoms with Gasteiger partial charge >= 0.3 is 5.97 Å². The summed E-state index contributed by atoms with van der Waals surface area (Å²) in [5, 5.41) is 5.82. The van der Waals surface area contributed by atoms with E-state index in [1.807, 2.05) is 27.9 Å². The highest BCUT2D eigenvalue weighted by Gasteiger charge is 2.40. The van der Waals surface area contributed by atoms with Crippen LogP contribution in [-0.2, 0) is 9.53 Å². The van der Waals surface area contributed by atoms with Gasteiger partial charge in [0.25, 0.3) is 0 Å². The van der Waals surface area contributed by atoms with Gasteiger partial charge in [-0.25, -0.2) is 9.79 Å². The number of fused-ring (bicyclic) bond motifs is 3. The van der Waals surface area contributed by atoms with Crippen molar-refractivity contribution in [2.45, 2.75) is 19.9 Å². The summed E-state index contributed by atoms with van der Waals surface area (Å²) in [4.78, 5) is 23.6. The van der Waals surface area contributed by atoms with E-state index in [2.05, 4.69) is 94.7 Å². The summed E-state index contributed by atoms with van der Waals surface area (Å²) in [5.41, 5.74) is 4.70. The van der Waals surface area contributed by atoms with Gasteiger partial charge < -0.3 is 14.5 Å². The molecule has 0 radical (unpaired) electrons. The van der Waals surface area contributed by atoms with Gasteiger partial charge in [-0.2, -0.15) is 0 Å². The minimum absolute atomic E-state index is 0.268. The second-order valence-electron chi connectivity index (χ2n) is 10.1. The van der Waals surface area contributed by atoms with E-state index in [1.54, 1.807) is 11.8 Å². The molecule has 2 heterocycles. The lowest BCUT2D eigenvalue weighted by Crippen LogP contribution is -2.36. The Balaban J connectivity index is 1.45. The first-order valence-corrected chi connectivity index (χ1v) is 14.1. The summed E-state index contributed by atoms with van der Waals surface area (Å²) < 4.78 is 5.51. The summed E-state index contributed by atoms with van der Waals surface area (Å²) in [6, 6.07) is 27.5. The van der Waals surface area contributed by atoms with E-state index in [4.69, 9.17) is 9.73 Å². The monoisotopic (exact) mass is 533 g/mol. The number of aliphatic imine (C=N–C) groups is 1. The predicted molar refractivity (Wildman–Crippen MR) is 164 cm³/mol.